The van der Waals surface area contributed by atoms with Crippen molar-refractivity contribution in [2.24, 2.45) is 0 Å². The second-order valence-electron chi connectivity index (χ2n) is 5.23. The van der Waals surface area contributed by atoms with E-state index in [1.807, 2.05) is 0 Å². The van der Waals surface area contributed by atoms with Crippen LogP contribution in [-0.2, 0) is 9.53 Å². The van der Waals surface area contributed by atoms with Gasteiger partial charge >= 0.3 is 5.97 Å². The molecule has 2 aromatic carbocycles. The number of hydrogen-bond donors (Lipinski definition) is 1. The number of nitrogens with one attached hydrogen (secondary N) is 1. The smallest absolute Gasteiger partial charge is 0.338 e. The van der Waals surface area contributed by atoms with Crippen LogP contribution in [0.5, 0.6) is 11.5 Å². The number of ether oxygens (including phenoxy) is 3. The Hall–Kier alpha value is -3.55. The first-order chi connectivity index (χ1) is 12.6. The molecule has 0 aliphatic rings. The fourth-order valence-corrected chi connectivity index (χ4v) is 2.29. The van der Waals surface area contributed by atoms with E-state index in [1.54, 1.807) is 30.3 Å². The van der Waals surface area contributed by atoms with Gasteiger partial charge in [-0.15, -0.1) is 0 Å². The van der Waals surface area contributed by atoms with E-state index in [9.17, 15) is 9.59 Å². The molecule has 0 bridgehead atoms. The average molecular weight is 356 g/mol. The number of anilines is 1. The number of aromatic nitrogens is 1. The topological polar surface area (TPSA) is 99.9 Å². The Bertz CT molecular complexity index is 950. The van der Waals surface area contributed by atoms with Crippen molar-refractivity contribution in [3.05, 3.63) is 48.4 Å². The zero-order valence-corrected chi connectivity index (χ0v) is 14.1. The Morgan fingerprint density at radius 1 is 1.12 bits per heavy atom. The highest BCUT2D eigenvalue weighted by Gasteiger charge is 2.14. The maximum Gasteiger partial charge on any atom is 0.338 e. The first-order valence-electron chi connectivity index (χ1n) is 7.63. The predicted molar refractivity (Wildman–Crippen MR) is 92.5 cm³/mol. The number of amides is 1. The second-order valence-corrected chi connectivity index (χ2v) is 5.23. The number of benzene rings is 2. The Kier molecular flexibility index (Phi) is 5.02. The molecule has 0 spiro atoms. The van der Waals surface area contributed by atoms with Crippen LogP contribution in [0.2, 0.25) is 0 Å². The van der Waals surface area contributed by atoms with E-state index in [2.05, 4.69) is 10.3 Å². The van der Waals surface area contributed by atoms with Crippen molar-refractivity contribution < 1.29 is 28.2 Å². The summed E-state index contributed by atoms with van der Waals surface area (Å²) in [5.41, 5.74) is 1.82. The molecule has 1 heterocycles. The quantitative estimate of drug-likeness (QED) is 0.678. The number of carbonyl (C=O) groups is 2. The van der Waals surface area contributed by atoms with E-state index in [-0.39, 0.29) is 5.56 Å². The number of rotatable bonds is 6. The minimum Gasteiger partial charge on any atom is -0.497 e. The lowest BCUT2D eigenvalue weighted by atomic mass is 10.2. The Morgan fingerprint density at radius 3 is 2.73 bits per heavy atom. The summed E-state index contributed by atoms with van der Waals surface area (Å²) in [6.45, 7) is -0.440. The molecule has 0 aliphatic carbocycles. The maximum absolute atomic E-state index is 12.1. The third-order valence-corrected chi connectivity index (χ3v) is 3.58. The minimum absolute atomic E-state index is 0.279. The van der Waals surface area contributed by atoms with Gasteiger partial charge in [0.15, 0.2) is 18.6 Å². The molecule has 26 heavy (non-hydrogen) atoms. The molecular formula is C18H16N2O6. The molecular weight excluding hydrogens is 340 g/mol. The van der Waals surface area contributed by atoms with Gasteiger partial charge in [-0.3, -0.25) is 4.79 Å². The number of oxazole rings is 1. The summed E-state index contributed by atoms with van der Waals surface area (Å²) in [6, 6.07) is 9.63. The summed E-state index contributed by atoms with van der Waals surface area (Å²) in [4.78, 5) is 28.1. The molecule has 0 fully saturated rings. The van der Waals surface area contributed by atoms with E-state index in [4.69, 9.17) is 18.6 Å². The minimum atomic E-state index is -0.633. The lowest BCUT2D eigenvalue weighted by molar-refractivity contribution is -0.119. The van der Waals surface area contributed by atoms with Gasteiger partial charge in [0.1, 0.15) is 17.0 Å². The molecule has 0 aliphatic heterocycles. The van der Waals surface area contributed by atoms with Crippen molar-refractivity contribution in [3.63, 3.8) is 0 Å². The van der Waals surface area contributed by atoms with Crippen molar-refractivity contribution in [1.29, 1.82) is 0 Å². The van der Waals surface area contributed by atoms with Gasteiger partial charge in [-0.1, -0.05) is 0 Å². The molecule has 1 amide bonds. The van der Waals surface area contributed by atoms with Crippen LogP contribution in [0.25, 0.3) is 11.1 Å². The van der Waals surface area contributed by atoms with Gasteiger partial charge in [-0.2, -0.15) is 0 Å². The van der Waals surface area contributed by atoms with Crippen LogP contribution in [0.1, 0.15) is 10.4 Å². The van der Waals surface area contributed by atoms with E-state index < -0.39 is 18.5 Å². The fraction of sp³-hybridized carbons (Fsp3) is 0.167. The van der Waals surface area contributed by atoms with Gasteiger partial charge in [0.05, 0.1) is 25.5 Å². The summed E-state index contributed by atoms with van der Waals surface area (Å²) < 4.78 is 20.4. The van der Waals surface area contributed by atoms with Crippen molar-refractivity contribution >= 4 is 28.7 Å². The Labute approximate surface area is 148 Å². The number of fused-ring (bicyclic) bond motifs is 1. The SMILES string of the molecule is COc1ccc(NC(=O)COC(=O)c2ccc3ocnc3c2)c(OC)c1. The van der Waals surface area contributed by atoms with Crippen LogP contribution < -0.4 is 14.8 Å². The summed E-state index contributed by atoms with van der Waals surface area (Å²) in [6.07, 6.45) is 1.29. The zero-order valence-electron chi connectivity index (χ0n) is 14.1. The van der Waals surface area contributed by atoms with Crippen LogP contribution in [-0.4, -0.2) is 37.7 Å². The number of hydrogen-bond acceptors (Lipinski definition) is 7. The highest BCUT2D eigenvalue weighted by atomic mass is 16.5. The highest BCUT2D eigenvalue weighted by Crippen LogP contribution is 2.28. The molecule has 0 atom stereocenters. The average Bonchev–Trinajstić information content (AvgIpc) is 3.14. The van der Waals surface area contributed by atoms with Crippen LogP contribution in [0.4, 0.5) is 5.69 Å². The molecule has 1 aromatic heterocycles. The van der Waals surface area contributed by atoms with Crippen molar-refractivity contribution in [3.8, 4) is 11.5 Å². The van der Waals surface area contributed by atoms with Gasteiger partial charge in [-0.05, 0) is 30.3 Å². The van der Waals surface area contributed by atoms with Crippen LogP contribution in [0.15, 0.2) is 47.2 Å². The summed E-state index contributed by atoms with van der Waals surface area (Å²) >= 11 is 0. The summed E-state index contributed by atoms with van der Waals surface area (Å²) in [5, 5.41) is 2.62. The number of esters is 1. The molecule has 1 N–H and O–H groups in total. The molecule has 8 nitrogen and oxygen atoms in total. The predicted octanol–water partition coefficient (Wildman–Crippen LogP) is 2.64. The standard InChI is InChI=1S/C18H16N2O6/c1-23-12-4-5-13(16(8-12)24-2)20-17(21)9-25-18(22)11-3-6-15-14(7-11)19-10-26-15/h3-8,10H,9H2,1-2H3,(H,20,21). The van der Waals surface area contributed by atoms with Crippen molar-refractivity contribution in [1.82, 2.24) is 4.98 Å². The molecule has 0 saturated carbocycles. The van der Waals surface area contributed by atoms with Gasteiger partial charge in [0.25, 0.3) is 5.91 Å². The third kappa shape index (κ3) is 3.75. The molecule has 0 unspecified atom stereocenters. The van der Waals surface area contributed by atoms with Gasteiger partial charge in [-0.25, -0.2) is 9.78 Å². The summed E-state index contributed by atoms with van der Waals surface area (Å²) in [7, 11) is 3.01. The van der Waals surface area contributed by atoms with Crippen LogP contribution in [0.3, 0.4) is 0 Å². The maximum atomic E-state index is 12.1. The van der Waals surface area contributed by atoms with E-state index in [0.717, 1.165) is 0 Å². The number of carbonyl (C=O) groups excluding carboxylic acids is 2. The Balaban J connectivity index is 1.60. The van der Waals surface area contributed by atoms with Crippen molar-refractivity contribution in [2.75, 3.05) is 26.1 Å². The fourth-order valence-electron chi connectivity index (χ4n) is 2.29. The lowest BCUT2D eigenvalue weighted by Gasteiger charge is -2.11. The molecule has 8 heteroatoms. The van der Waals surface area contributed by atoms with E-state index in [0.29, 0.717) is 28.3 Å². The number of methoxy groups -OCH3 is 2. The highest BCUT2D eigenvalue weighted by molar-refractivity contribution is 5.97. The van der Waals surface area contributed by atoms with Gasteiger partial charge < -0.3 is 23.9 Å². The lowest BCUT2D eigenvalue weighted by Crippen LogP contribution is -2.21. The molecule has 134 valence electrons. The normalized spacial score (nSPS) is 10.4. The summed E-state index contributed by atoms with van der Waals surface area (Å²) in [5.74, 6) is -0.105. The van der Waals surface area contributed by atoms with Gasteiger partial charge in [0.2, 0.25) is 0 Å². The first-order valence-corrected chi connectivity index (χ1v) is 7.63. The number of nitrogens with zero attached hydrogens (tertiary/aromatic N) is 1. The van der Waals surface area contributed by atoms with Gasteiger partial charge in [0, 0.05) is 6.07 Å². The first kappa shape index (κ1) is 17.3. The third-order valence-electron chi connectivity index (χ3n) is 3.58. The largest absolute Gasteiger partial charge is 0.497 e. The van der Waals surface area contributed by atoms with Crippen LogP contribution in [0, 0.1) is 0 Å². The second kappa shape index (κ2) is 7.56. The van der Waals surface area contributed by atoms with E-state index in [1.165, 1.54) is 26.7 Å². The molecule has 3 aromatic rings. The molecule has 3 rings (SSSR count). The Morgan fingerprint density at radius 2 is 1.96 bits per heavy atom. The van der Waals surface area contributed by atoms with E-state index >= 15 is 0 Å². The molecule has 0 saturated heterocycles. The van der Waals surface area contributed by atoms with Crippen LogP contribution >= 0.6 is 0 Å². The van der Waals surface area contributed by atoms with Crippen molar-refractivity contribution in [2.45, 2.75) is 0 Å². The molecule has 0 radical (unpaired) electrons. The monoisotopic (exact) mass is 356 g/mol. The zero-order chi connectivity index (χ0) is 18.5.